The SMILES string of the molecule is CC(C)n1cc(CNc2cc(C(N)=O)n(C)n2)cn1.Cl. The summed E-state index contributed by atoms with van der Waals surface area (Å²) in [6, 6.07) is 1.97. The molecule has 8 heteroatoms. The van der Waals surface area contributed by atoms with E-state index in [-0.39, 0.29) is 12.4 Å². The van der Waals surface area contributed by atoms with Gasteiger partial charge in [-0.2, -0.15) is 10.2 Å². The molecule has 0 radical (unpaired) electrons. The van der Waals surface area contributed by atoms with Gasteiger partial charge in [-0.25, -0.2) is 0 Å². The molecule has 0 fully saturated rings. The third-order valence-corrected chi connectivity index (χ3v) is 2.79. The highest BCUT2D eigenvalue weighted by Crippen LogP contribution is 2.10. The predicted molar refractivity (Wildman–Crippen MR) is 78.9 cm³/mol. The summed E-state index contributed by atoms with van der Waals surface area (Å²) in [6.07, 6.45) is 3.79. The van der Waals surface area contributed by atoms with Crippen molar-refractivity contribution < 1.29 is 4.79 Å². The largest absolute Gasteiger partial charge is 0.364 e. The van der Waals surface area contributed by atoms with E-state index >= 15 is 0 Å². The van der Waals surface area contributed by atoms with Crippen molar-refractivity contribution in [2.24, 2.45) is 12.8 Å². The van der Waals surface area contributed by atoms with Crippen molar-refractivity contribution in [1.29, 1.82) is 0 Å². The Morgan fingerprint density at radius 1 is 1.50 bits per heavy atom. The van der Waals surface area contributed by atoms with Crippen LogP contribution >= 0.6 is 12.4 Å². The molecule has 2 heterocycles. The summed E-state index contributed by atoms with van der Waals surface area (Å²) in [5.74, 6) is 0.129. The Bertz CT molecular complexity index is 589. The molecular formula is C12H19ClN6O. The van der Waals surface area contributed by atoms with E-state index in [4.69, 9.17) is 5.73 Å². The molecule has 0 aromatic carbocycles. The zero-order valence-electron chi connectivity index (χ0n) is 11.7. The minimum absolute atomic E-state index is 0. The first-order valence-corrected chi connectivity index (χ1v) is 6.08. The van der Waals surface area contributed by atoms with Crippen molar-refractivity contribution in [3.05, 3.63) is 29.7 Å². The number of nitrogens with two attached hydrogens (primary N) is 1. The summed E-state index contributed by atoms with van der Waals surface area (Å²) in [7, 11) is 1.68. The maximum Gasteiger partial charge on any atom is 0.267 e. The molecule has 0 bridgehead atoms. The lowest BCUT2D eigenvalue weighted by molar-refractivity contribution is 0.0991. The van der Waals surface area contributed by atoms with E-state index in [2.05, 4.69) is 29.4 Å². The van der Waals surface area contributed by atoms with E-state index in [0.29, 0.717) is 24.1 Å². The lowest BCUT2D eigenvalue weighted by Gasteiger charge is -2.03. The second-order valence-corrected chi connectivity index (χ2v) is 4.68. The van der Waals surface area contributed by atoms with Gasteiger partial charge in [-0.05, 0) is 13.8 Å². The number of hydrogen-bond donors (Lipinski definition) is 2. The minimum Gasteiger partial charge on any atom is -0.364 e. The normalized spacial score (nSPS) is 10.4. The van der Waals surface area contributed by atoms with Crippen LogP contribution in [0.5, 0.6) is 0 Å². The van der Waals surface area contributed by atoms with Crippen LogP contribution in [0.3, 0.4) is 0 Å². The van der Waals surface area contributed by atoms with Crippen LogP contribution in [-0.2, 0) is 13.6 Å². The molecule has 0 aliphatic rings. The fourth-order valence-corrected chi connectivity index (χ4v) is 1.73. The summed E-state index contributed by atoms with van der Waals surface area (Å²) >= 11 is 0. The van der Waals surface area contributed by atoms with Crippen molar-refractivity contribution in [1.82, 2.24) is 19.6 Å². The maximum atomic E-state index is 11.1. The van der Waals surface area contributed by atoms with E-state index in [1.54, 1.807) is 13.1 Å². The molecule has 0 atom stereocenters. The van der Waals surface area contributed by atoms with E-state index < -0.39 is 5.91 Å². The van der Waals surface area contributed by atoms with Gasteiger partial charge >= 0.3 is 0 Å². The Morgan fingerprint density at radius 3 is 2.70 bits per heavy atom. The van der Waals surface area contributed by atoms with Crippen molar-refractivity contribution in [2.75, 3.05) is 5.32 Å². The van der Waals surface area contributed by atoms with Gasteiger partial charge in [-0.3, -0.25) is 14.2 Å². The summed E-state index contributed by atoms with van der Waals surface area (Å²) in [5.41, 5.74) is 6.66. The van der Waals surface area contributed by atoms with Crippen LogP contribution in [-0.4, -0.2) is 25.5 Å². The number of halogens is 1. The first-order chi connectivity index (χ1) is 8.97. The minimum atomic E-state index is -0.490. The van der Waals surface area contributed by atoms with Gasteiger partial charge in [0, 0.05) is 37.5 Å². The molecule has 1 amide bonds. The Balaban J connectivity index is 0.00000200. The molecule has 3 N–H and O–H groups in total. The van der Waals surface area contributed by atoms with Gasteiger partial charge in [0.2, 0.25) is 0 Å². The number of nitrogens with one attached hydrogen (secondary N) is 1. The highest BCUT2D eigenvalue weighted by molar-refractivity contribution is 5.91. The highest BCUT2D eigenvalue weighted by atomic mass is 35.5. The first-order valence-electron chi connectivity index (χ1n) is 6.08. The average molecular weight is 299 g/mol. The predicted octanol–water partition coefficient (Wildman–Crippen LogP) is 1.33. The van der Waals surface area contributed by atoms with E-state index in [1.807, 2.05) is 17.1 Å². The second kappa shape index (κ2) is 6.42. The summed E-state index contributed by atoms with van der Waals surface area (Å²) in [5, 5.41) is 11.6. The lowest BCUT2D eigenvalue weighted by Crippen LogP contribution is -2.15. The Kier molecular flexibility index (Phi) is 5.15. The first kappa shape index (κ1) is 16.0. The quantitative estimate of drug-likeness (QED) is 0.871. The molecular weight excluding hydrogens is 280 g/mol. The lowest BCUT2D eigenvalue weighted by atomic mass is 10.3. The second-order valence-electron chi connectivity index (χ2n) is 4.68. The topological polar surface area (TPSA) is 90.8 Å². The zero-order valence-corrected chi connectivity index (χ0v) is 12.5. The van der Waals surface area contributed by atoms with E-state index in [1.165, 1.54) is 4.68 Å². The van der Waals surface area contributed by atoms with Gasteiger partial charge in [0.25, 0.3) is 5.91 Å². The number of amides is 1. The van der Waals surface area contributed by atoms with Gasteiger partial charge in [-0.1, -0.05) is 0 Å². The Labute approximate surface area is 123 Å². The van der Waals surface area contributed by atoms with Crippen molar-refractivity contribution in [3.8, 4) is 0 Å². The molecule has 7 nitrogen and oxygen atoms in total. The van der Waals surface area contributed by atoms with Crippen LogP contribution in [0, 0.1) is 0 Å². The van der Waals surface area contributed by atoms with Crippen LogP contribution in [0.2, 0.25) is 0 Å². The molecule has 2 rings (SSSR count). The summed E-state index contributed by atoms with van der Waals surface area (Å²) in [4.78, 5) is 11.1. The van der Waals surface area contributed by atoms with Crippen molar-refractivity contribution in [3.63, 3.8) is 0 Å². The third-order valence-electron chi connectivity index (χ3n) is 2.79. The molecule has 2 aromatic heterocycles. The number of aromatic nitrogens is 4. The van der Waals surface area contributed by atoms with Gasteiger partial charge in [0.15, 0.2) is 0 Å². The fourth-order valence-electron chi connectivity index (χ4n) is 1.73. The van der Waals surface area contributed by atoms with Gasteiger partial charge < -0.3 is 11.1 Å². The maximum absolute atomic E-state index is 11.1. The Hall–Kier alpha value is -2.02. The molecule has 0 saturated heterocycles. The van der Waals surface area contributed by atoms with Crippen molar-refractivity contribution >= 4 is 24.1 Å². The number of primary amides is 1. The molecule has 2 aromatic rings. The number of nitrogens with zero attached hydrogens (tertiary/aromatic N) is 4. The van der Waals surface area contributed by atoms with Gasteiger partial charge in [-0.15, -0.1) is 12.4 Å². The number of rotatable bonds is 5. The number of anilines is 1. The molecule has 0 aliphatic carbocycles. The standard InChI is InChI=1S/C12H18N6O.ClH/c1-8(2)18-7-9(6-15-18)5-14-11-4-10(12(13)19)17(3)16-11;/h4,6-8H,5H2,1-3H3,(H2,13,19)(H,14,16);1H. The molecule has 20 heavy (non-hydrogen) atoms. The molecule has 0 unspecified atom stereocenters. The number of carbonyl (C=O) groups is 1. The average Bonchev–Trinajstić information content (AvgIpc) is 2.92. The molecule has 0 aliphatic heterocycles. The number of hydrogen-bond acceptors (Lipinski definition) is 4. The van der Waals surface area contributed by atoms with Crippen LogP contribution in [0.1, 0.15) is 35.9 Å². The summed E-state index contributed by atoms with van der Waals surface area (Å²) in [6.45, 7) is 4.74. The highest BCUT2D eigenvalue weighted by Gasteiger charge is 2.09. The zero-order chi connectivity index (χ0) is 14.0. The smallest absolute Gasteiger partial charge is 0.267 e. The van der Waals surface area contributed by atoms with Crippen LogP contribution in [0.4, 0.5) is 5.82 Å². The van der Waals surface area contributed by atoms with E-state index in [9.17, 15) is 4.79 Å². The molecule has 0 spiro atoms. The van der Waals surface area contributed by atoms with Crippen LogP contribution in [0.25, 0.3) is 0 Å². The molecule has 0 saturated carbocycles. The van der Waals surface area contributed by atoms with Crippen molar-refractivity contribution in [2.45, 2.75) is 26.4 Å². The molecule has 110 valence electrons. The fraction of sp³-hybridized carbons (Fsp3) is 0.417. The van der Waals surface area contributed by atoms with Crippen LogP contribution < -0.4 is 11.1 Å². The van der Waals surface area contributed by atoms with Gasteiger partial charge in [0.1, 0.15) is 11.5 Å². The Morgan fingerprint density at radius 2 is 2.20 bits per heavy atom. The van der Waals surface area contributed by atoms with Gasteiger partial charge in [0.05, 0.1) is 6.20 Å². The monoisotopic (exact) mass is 298 g/mol. The van der Waals surface area contributed by atoms with E-state index in [0.717, 1.165) is 5.56 Å². The third kappa shape index (κ3) is 3.51. The summed E-state index contributed by atoms with van der Waals surface area (Å²) < 4.78 is 3.35. The number of aryl methyl sites for hydroxylation is 1. The van der Waals surface area contributed by atoms with Crippen LogP contribution in [0.15, 0.2) is 18.5 Å². The number of carbonyl (C=O) groups excluding carboxylic acids is 1.